The average Bonchev–Trinajstić information content (AvgIpc) is 3.41. The van der Waals surface area contributed by atoms with Crippen molar-refractivity contribution in [2.24, 2.45) is 0 Å². The van der Waals surface area contributed by atoms with Gasteiger partial charge in [-0.2, -0.15) is 0 Å². The van der Waals surface area contributed by atoms with Crippen LogP contribution in [0.3, 0.4) is 0 Å². The molecule has 0 saturated heterocycles. The molecular formula is C23H27N5O2S. The van der Waals surface area contributed by atoms with Crippen molar-refractivity contribution in [3.05, 3.63) is 63.5 Å². The molecular weight excluding hydrogens is 410 g/mol. The van der Waals surface area contributed by atoms with E-state index < -0.39 is 0 Å². The van der Waals surface area contributed by atoms with Gasteiger partial charge in [-0.1, -0.05) is 37.3 Å². The Morgan fingerprint density at radius 1 is 1.16 bits per heavy atom. The van der Waals surface area contributed by atoms with Crippen molar-refractivity contribution in [1.29, 1.82) is 0 Å². The van der Waals surface area contributed by atoms with E-state index in [1.54, 1.807) is 4.57 Å². The number of fused-ring (bicyclic) bond motifs is 3. The molecule has 0 aliphatic rings. The van der Waals surface area contributed by atoms with Crippen molar-refractivity contribution in [2.75, 3.05) is 0 Å². The number of hydrogen-bond donors (Lipinski definition) is 1. The molecule has 1 atom stereocenters. The van der Waals surface area contributed by atoms with Crippen LogP contribution in [0.5, 0.6) is 0 Å². The van der Waals surface area contributed by atoms with E-state index in [9.17, 15) is 9.59 Å². The molecule has 4 rings (SSSR count). The summed E-state index contributed by atoms with van der Waals surface area (Å²) in [4.78, 5) is 25.3. The Bertz CT molecular complexity index is 1240. The van der Waals surface area contributed by atoms with Crippen LogP contribution in [-0.4, -0.2) is 31.1 Å². The van der Waals surface area contributed by atoms with Crippen LogP contribution >= 0.6 is 11.3 Å². The van der Waals surface area contributed by atoms with E-state index in [0.29, 0.717) is 35.7 Å². The number of nitrogens with zero attached hydrogens (tertiary/aromatic N) is 4. The fourth-order valence-corrected chi connectivity index (χ4v) is 4.66. The smallest absolute Gasteiger partial charge is 0.272 e. The zero-order valence-electron chi connectivity index (χ0n) is 17.9. The highest BCUT2D eigenvalue weighted by atomic mass is 32.1. The zero-order valence-corrected chi connectivity index (χ0v) is 18.7. The number of amides is 1. The number of aromatic nitrogens is 4. The molecule has 0 unspecified atom stereocenters. The van der Waals surface area contributed by atoms with Gasteiger partial charge in [0.15, 0.2) is 0 Å². The summed E-state index contributed by atoms with van der Waals surface area (Å²) in [5, 5.41) is 13.6. The van der Waals surface area contributed by atoms with Crippen LogP contribution in [0.4, 0.5) is 0 Å². The van der Waals surface area contributed by atoms with Gasteiger partial charge in [0.25, 0.3) is 5.56 Å². The first kappa shape index (κ1) is 21.2. The van der Waals surface area contributed by atoms with E-state index in [1.165, 1.54) is 16.9 Å². The van der Waals surface area contributed by atoms with Crippen molar-refractivity contribution in [2.45, 2.75) is 58.5 Å². The van der Waals surface area contributed by atoms with Crippen molar-refractivity contribution in [3.63, 3.8) is 0 Å². The Kier molecular flexibility index (Phi) is 6.46. The van der Waals surface area contributed by atoms with Gasteiger partial charge in [-0.25, -0.2) is 0 Å². The van der Waals surface area contributed by atoms with E-state index in [1.807, 2.05) is 47.9 Å². The molecule has 7 nitrogen and oxygen atoms in total. The summed E-state index contributed by atoms with van der Waals surface area (Å²) in [6, 6.07) is 12.3. The highest BCUT2D eigenvalue weighted by Crippen LogP contribution is 2.20. The van der Waals surface area contributed by atoms with Gasteiger partial charge >= 0.3 is 0 Å². The lowest BCUT2D eigenvalue weighted by Gasteiger charge is -2.14. The number of aryl methyl sites for hydroxylation is 3. The third kappa shape index (κ3) is 4.54. The molecule has 4 aromatic rings. The van der Waals surface area contributed by atoms with Crippen LogP contribution < -0.4 is 10.9 Å². The molecule has 162 valence electrons. The van der Waals surface area contributed by atoms with Gasteiger partial charge in [-0.05, 0) is 43.2 Å². The van der Waals surface area contributed by atoms with Crippen LogP contribution in [0.2, 0.25) is 0 Å². The molecule has 0 radical (unpaired) electrons. The van der Waals surface area contributed by atoms with Gasteiger partial charge in [0.1, 0.15) is 10.5 Å². The van der Waals surface area contributed by atoms with E-state index in [0.717, 1.165) is 24.8 Å². The molecule has 0 saturated carbocycles. The average molecular weight is 438 g/mol. The largest absolute Gasteiger partial charge is 0.354 e. The summed E-state index contributed by atoms with van der Waals surface area (Å²) in [5.41, 5.74) is 2.06. The van der Waals surface area contributed by atoms with Gasteiger partial charge in [0.2, 0.25) is 11.7 Å². The quantitative estimate of drug-likeness (QED) is 0.434. The maximum Gasteiger partial charge on any atom is 0.272 e. The molecule has 3 aromatic heterocycles. The maximum atomic E-state index is 12.8. The molecule has 1 N–H and O–H groups in total. The fourth-order valence-electron chi connectivity index (χ4n) is 3.84. The molecule has 0 aliphatic heterocycles. The Balaban J connectivity index is 1.44. The molecule has 31 heavy (non-hydrogen) atoms. The number of benzene rings is 1. The third-order valence-corrected chi connectivity index (χ3v) is 6.31. The number of carbonyl (C=O) groups excluding carboxylic acids is 1. The Morgan fingerprint density at radius 3 is 2.74 bits per heavy atom. The maximum absolute atomic E-state index is 12.8. The number of nitrogens with one attached hydrogen (secondary N) is 1. The van der Waals surface area contributed by atoms with Crippen molar-refractivity contribution >= 4 is 33.2 Å². The summed E-state index contributed by atoms with van der Waals surface area (Å²) in [5.74, 6) is 1.25. The normalized spacial score (nSPS) is 12.5. The number of rotatable bonds is 9. The second kappa shape index (κ2) is 9.43. The Morgan fingerprint density at radius 2 is 1.97 bits per heavy atom. The first-order valence-corrected chi connectivity index (χ1v) is 11.6. The SMILES string of the molecule is CCCn1c(=O)c2sccc2n2c(CCC(=O)N[C@@H](C)CCc3ccccc3)nnc12. The standard InChI is InChI=1S/C23H27N5O2S/c1-3-14-27-22(30)21-18(13-15-31-21)28-19(25-26-23(27)28)11-12-20(29)24-16(2)9-10-17-7-5-4-6-8-17/h4-8,13,15-16H,3,9-12,14H2,1-2H3,(H,24,29)/t16-/m0/s1. The van der Waals surface area contributed by atoms with Gasteiger partial charge in [0.05, 0.1) is 5.52 Å². The van der Waals surface area contributed by atoms with Crippen LogP contribution in [0, 0.1) is 0 Å². The summed E-state index contributed by atoms with van der Waals surface area (Å²) in [6.45, 7) is 4.65. The van der Waals surface area contributed by atoms with E-state index in [-0.39, 0.29) is 17.5 Å². The molecule has 8 heteroatoms. The van der Waals surface area contributed by atoms with Crippen LogP contribution in [0.25, 0.3) is 16.0 Å². The number of thiophene rings is 1. The third-order valence-electron chi connectivity index (χ3n) is 5.42. The van der Waals surface area contributed by atoms with Crippen molar-refractivity contribution < 1.29 is 4.79 Å². The van der Waals surface area contributed by atoms with Gasteiger partial charge < -0.3 is 5.32 Å². The zero-order chi connectivity index (χ0) is 21.8. The Labute approximate surface area is 184 Å². The van der Waals surface area contributed by atoms with Crippen molar-refractivity contribution in [1.82, 2.24) is 24.5 Å². The van der Waals surface area contributed by atoms with Crippen LogP contribution in [-0.2, 0) is 24.2 Å². The summed E-state index contributed by atoms with van der Waals surface area (Å²) in [7, 11) is 0. The van der Waals surface area contributed by atoms with Gasteiger partial charge in [0, 0.05) is 25.4 Å². The lowest BCUT2D eigenvalue weighted by molar-refractivity contribution is -0.121. The minimum absolute atomic E-state index is 0.000698. The molecule has 1 amide bonds. The molecule has 0 spiro atoms. The summed E-state index contributed by atoms with van der Waals surface area (Å²) >= 11 is 1.43. The Hall–Kier alpha value is -3.00. The molecule has 1 aromatic carbocycles. The van der Waals surface area contributed by atoms with Gasteiger partial charge in [-0.3, -0.25) is 18.6 Å². The predicted molar refractivity (Wildman–Crippen MR) is 124 cm³/mol. The van der Waals surface area contributed by atoms with Crippen LogP contribution in [0.1, 0.15) is 44.5 Å². The summed E-state index contributed by atoms with van der Waals surface area (Å²) < 4.78 is 4.30. The molecule has 0 bridgehead atoms. The number of carbonyl (C=O) groups is 1. The van der Waals surface area contributed by atoms with E-state index in [4.69, 9.17) is 0 Å². The monoisotopic (exact) mass is 437 g/mol. The highest BCUT2D eigenvalue weighted by Gasteiger charge is 2.18. The second-order valence-corrected chi connectivity index (χ2v) is 8.75. The first-order valence-electron chi connectivity index (χ1n) is 10.8. The fraction of sp³-hybridized carbons (Fsp3) is 0.391. The van der Waals surface area contributed by atoms with Crippen LogP contribution in [0.15, 0.2) is 46.6 Å². The summed E-state index contributed by atoms with van der Waals surface area (Å²) in [6.07, 6.45) is 3.45. The first-order chi connectivity index (χ1) is 15.1. The molecule has 0 aliphatic carbocycles. The lowest BCUT2D eigenvalue weighted by Crippen LogP contribution is -2.33. The predicted octanol–water partition coefficient (Wildman–Crippen LogP) is 3.59. The van der Waals surface area contributed by atoms with Crippen molar-refractivity contribution in [3.8, 4) is 0 Å². The van der Waals surface area contributed by atoms with E-state index in [2.05, 4.69) is 27.6 Å². The second-order valence-electron chi connectivity index (χ2n) is 7.84. The molecule has 3 heterocycles. The topological polar surface area (TPSA) is 81.3 Å². The van der Waals surface area contributed by atoms with E-state index >= 15 is 0 Å². The lowest BCUT2D eigenvalue weighted by atomic mass is 10.1. The van der Waals surface area contributed by atoms with Gasteiger partial charge in [-0.15, -0.1) is 21.5 Å². The minimum Gasteiger partial charge on any atom is -0.354 e. The molecule has 0 fully saturated rings. The highest BCUT2D eigenvalue weighted by molar-refractivity contribution is 7.17. The minimum atomic E-state index is -0.0247. The number of hydrogen-bond acceptors (Lipinski definition) is 5.